The van der Waals surface area contributed by atoms with Gasteiger partial charge in [0.05, 0.1) is 17.0 Å². The van der Waals surface area contributed by atoms with E-state index in [4.69, 9.17) is 0 Å². The number of aromatic nitrogens is 5. The van der Waals surface area contributed by atoms with Crippen molar-refractivity contribution in [3.63, 3.8) is 0 Å². The molecule has 0 unspecified atom stereocenters. The molecule has 0 saturated heterocycles. The van der Waals surface area contributed by atoms with Crippen LogP contribution in [-0.4, -0.2) is 36.7 Å². The van der Waals surface area contributed by atoms with E-state index in [0.29, 0.717) is 10.8 Å². The van der Waals surface area contributed by atoms with Crippen LogP contribution in [0.15, 0.2) is 53.7 Å². The van der Waals surface area contributed by atoms with Gasteiger partial charge in [-0.1, -0.05) is 36.0 Å². The fourth-order valence-corrected chi connectivity index (χ4v) is 3.11. The highest BCUT2D eigenvalue weighted by atomic mass is 32.2. The smallest absolute Gasteiger partial charge is 0.234 e. The Kier molecular flexibility index (Phi) is 3.98. The molecule has 2 aromatic carbocycles. The van der Waals surface area contributed by atoms with E-state index in [-0.39, 0.29) is 17.3 Å². The zero-order chi connectivity index (χ0) is 17.2. The number of tetrazole rings is 1. The highest BCUT2D eigenvalue weighted by Gasteiger charge is 2.13. The Balaban J connectivity index is 1.57. The number of hydrogen-bond donors (Lipinski definition) is 1. The molecule has 25 heavy (non-hydrogen) atoms. The number of carbonyl (C=O) groups excluding carboxylic acids is 1. The predicted octanol–water partition coefficient (Wildman–Crippen LogP) is 2.54. The Morgan fingerprint density at radius 2 is 1.96 bits per heavy atom. The third-order valence-corrected chi connectivity index (χ3v) is 4.42. The van der Waals surface area contributed by atoms with Crippen molar-refractivity contribution in [3.05, 3.63) is 54.3 Å². The summed E-state index contributed by atoms with van der Waals surface area (Å²) in [5.41, 5.74) is 1.46. The summed E-state index contributed by atoms with van der Waals surface area (Å²) >= 11 is 1.18. The van der Waals surface area contributed by atoms with E-state index in [0.717, 1.165) is 10.9 Å². The first-order valence-corrected chi connectivity index (χ1v) is 8.35. The van der Waals surface area contributed by atoms with Crippen LogP contribution in [0.5, 0.6) is 0 Å². The standard InChI is InChI=1S/C16H11FN6OS/c17-11-6-2-4-8-13(11)18-14(24)9-25-16-19-12-7-3-1-5-10(12)15-20-21-22-23(15)16/h1-8H,9H2,(H,18,24). The molecule has 0 spiro atoms. The number of para-hydroxylation sites is 2. The van der Waals surface area contributed by atoms with Gasteiger partial charge in [-0.3, -0.25) is 4.79 Å². The van der Waals surface area contributed by atoms with Crippen molar-refractivity contribution in [2.24, 2.45) is 0 Å². The van der Waals surface area contributed by atoms with Crippen molar-refractivity contribution in [1.82, 2.24) is 25.0 Å². The van der Waals surface area contributed by atoms with Crippen LogP contribution in [0, 0.1) is 5.82 Å². The Morgan fingerprint density at radius 3 is 2.84 bits per heavy atom. The first-order valence-electron chi connectivity index (χ1n) is 7.36. The first kappa shape index (κ1) is 15.5. The van der Waals surface area contributed by atoms with E-state index in [1.165, 1.54) is 28.4 Å². The molecule has 1 amide bonds. The van der Waals surface area contributed by atoms with Crippen LogP contribution < -0.4 is 5.32 Å². The maximum Gasteiger partial charge on any atom is 0.234 e. The molecular formula is C16H11FN6OS. The Hall–Kier alpha value is -3.07. The average molecular weight is 354 g/mol. The van der Waals surface area contributed by atoms with Crippen LogP contribution in [0.1, 0.15) is 0 Å². The minimum atomic E-state index is -0.479. The number of nitrogens with one attached hydrogen (secondary N) is 1. The van der Waals surface area contributed by atoms with Gasteiger partial charge in [0.15, 0.2) is 10.8 Å². The molecule has 4 aromatic rings. The van der Waals surface area contributed by atoms with Crippen LogP contribution in [0.4, 0.5) is 10.1 Å². The number of nitrogens with zero attached hydrogens (tertiary/aromatic N) is 5. The number of rotatable bonds is 4. The van der Waals surface area contributed by atoms with Crippen molar-refractivity contribution in [1.29, 1.82) is 0 Å². The quantitative estimate of drug-likeness (QED) is 0.448. The van der Waals surface area contributed by atoms with Gasteiger partial charge in [-0.05, 0) is 34.7 Å². The molecule has 0 saturated carbocycles. The maximum atomic E-state index is 13.6. The first-order chi connectivity index (χ1) is 12.2. The number of amides is 1. The maximum absolute atomic E-state index is 13.6. The van der Waals surface area contributed by atoms with E-state index < -0.39 is 5.82 Å². The molecule has 0 aliphatic rings. The fourth-order valence-electron chi connectivity index (χ4n) is 2.37. The second-order valence-electron chi connectivity index (χ2n) is 5.14. The molecule has 7 nitrogen and oxygen atoms in total. The van der Waals surface area contributed by atoms with E-state index >= 15 is 0 Å². The highest BCUT2D eigenvalue weighted by Crippen LogP contribution is 2.23. The molecule has 0 aliphatic heterocycles. The number of anilines is 1. The molecular weight excluding hydrogens is 343 g/mol. The van der Waals surface area contributed by atoms with E-state index in [1.54, 1.807) is 12.1 Å². The van der Waals surface area contributed by atoms with Gasteiger partial charge >= 0.3 is 0 Å². The van der Waals surface area contributed by atoms with Gasteiger partial charge in [0, 0.05) is 5.39 Å². The third-order valence-electron chi connectivity index (χ3n) is 3.49. The molecule has 2 aromatic heterocycles. The van der Waals surface area contributed by atoms with E-state index in [2.05, 4.69) is 25.8 Å². The largest absolute Gasteiger partial charge is 0.323 e. The molecule has 124 valence electrons. The summed E-state index contributed by atoms with van der Waals surface area (Å²) in [6.45, 7) is 0. The number of halogens is 1. The number of carbonyl (C=O) groups is 1. The summed E-state index contributed by atoms with van der Waals surface area (Å²) in [6, 6.07) is 13.5. The van der Waals surface area contributed by atoms with Crippen LogP contribution in [0.25, 0.3) is 16.6 Å². The lowest BCUT2D eigenvalue weighted by Gasteiger charge is -2.07. The summed E-state index contributed by atoms with van der Waals surface area (Å²) in [4.78, 5) is 16.6. The summed E-state index contributed by atoms with van der Waals surface area (Å²) < 4.78 is 15.1. The average Bonchev–Trinajstić information content (AvgIpc) is 3.12. The van der Waals surface area contributed by atoms with Crippen molar-refractivity contribution >= 4 is 39.9 Å². The topological polar surface area (TPSA) is 85.1 Å². The molecule has 0 aliphatic carbocycles. The zero-order valence-electron chi connectivity index (χ0n) is 12.8. The number of fused-ring (bicyclic) bond motifs is 3. The molecule has 1 N–H and O–H groups in total. The van der Waals surface area contributed by atoms with Crippen LogP contribution in [0.3, 0.4) is 0 Å². The molecule has 2 heterocycles. The van der Waals surface area contributed by atoms with E-state index in [9.17, 15) is 9.18 Å². The van der Waals surface area contributed by atoms with Crippen molar-refractivity contribution in [3.8, 4) is 0 Å². The van der Waals surface area contributed by atoms with Crippen molar-refractivity contribution < 1.29 is 9.18 Å². The molecule has 9 heteroatoms. The summed E-state index contributed by atoms with van der Waals surface area (Å²) in [5, 5.41) is 15.5. The minimum Gasteiger partial charge on any atom is -0.323 e. The van der Waals surface area contributed by atoms with Gasteiger partial charge in [-0.15, -0.1) is 5.10 Å². The summed E-state index contributed by atoms with van der Waals surface area (Å²) in [5.74, 6) is -0.770. The van der Waals surface area contributed by atoms with Crippen LogP contribution >= 0.6 is 11.8 Å². The van der Waals surface area contributed by atoms with Gasteiger partial charge in [0.25, 0.3) is 0 Å². The second kappa shape index (κ2) is 6.44. The highest BCUT2D eigenvalue weighted by molar-refractivity contribution is 7.99. The Morgan fingerprint density at radius 1 is 1.16 bits per heavy atom. The van der Waals surface area contributed by atoms with Crippen LogP contribution in [-0.2, 0) is 4.79 Å². The molecule has 0 radical (unpaired) electrons. The third kappa shape index (κ3) is 3.01. The van der Waals surface area contributed by atoms with Crippen LogP contribution in [0.2, 0.25) is 0 Å². The Bertz CT molecular complexity index is 1080. The lowest BCUT2D eigenvalue weighted by molar-refractivity contribution is -0.113. The molecule has 0 fully saturated rings. The SMILES string of the molecule is O=C(CSc1nc2ccccc2c2nnnn12)Nc1ccccc1F. The number of thioether (sulfide) groups is 1. The van der Waals surface area contributed by atoms with Gasteiger partial charge in [0.1, 0.15) is 5.82 Å². The molecule has 0 atom stereocenters. The lowest BCUT2D eigenvalue weighted by atomic mass is 10.2. The van der Waals surface area contributed by atoms with Crippen molar-refractivity contribution in [2.75, 3.05) is 11.1 Å². The number of benzene rings is 2. The monoisotopic (exact) mass is 354 g/mol. The normalized spacial score (nSPS) is 11.1. The van der Waals surface area contributed by atoms with Gasteiger partial charge < -0.3 is 5.32 Å². The Labute approximate surface area is 145 Å². The fraction of sp³-hybridized carbons (Fsp3) is 0.0625. The molecule has 0 bridgehead atoms. The van der Waals surface area contributed by atoms with E-state index in [1.807, 2.05) is 24.3 Å². The summed E-state index contributed by atoms with van der Waals surface area (Å²) in [7, 11) is 0. The zero-order valence-corrected chi connectivity index (χ0v) is 13.6. The van der Waals surface area contributed by atoms with Gasteiger partial charge in [0.2, 0.25) is 5.91 Å². The molecule has 4 rings (SSSR count). The second-order valence-corrected chi connectivity index (χ2v) is 6.09. The number of hydrogen-bond acceptors (Lipinski definition) is 6. The van der Waals surface area contributed by atoms with Gasteiger partial charge in [-0.2, -0.15) is 4.52 Å². The van der Waals surface area contributed by atoms with Gasteiger partial charge in [-0.25, -0.2) is 9.37 Å². The lowest BCUT2D eigenvalue weighted by Crippen LogP contribution is -2.15. The minimum absolute atomic E-state index is 0.0502. The summed E-state index contributed by atoms with van der Waals surface area (Å²) in [6.07, 6.45) is 0. The predicted molar refractivity (Wildman–Crippen MR) is 91.8 cm³/mol. The van der Waals surface area contributed by atoms with Crippen molar-refractivity contribution in [2.45, 2.75) is 5.16 Å².